The van der Waals surface area contributed by atoms with Gasteiger partial charge in [-0.05, 0) is 49.9 Å². The van der Waals surface area contributed by atoms with Gasteiger partial charge in [0.2, 0.25) is 0 Å². The van der Waals surface area contributed by atoms with Crippen LogP contribution in [0.4, 0.5) is 0 Å². The monoisotopic (exact) mass is 265 g/mol. The zero-order valence-electron chi connectivity index (χ0n) is 11.5. The molecule has 106 valence electrons. The summed E-state index contributed by atoms with van der Waals surface area (Å²) in [5.74, 6) is 1.48. The average molecular weight is 265 g/mol. The van der Waals surface area contributed by atoms with Gasteiger partial charge in [-0.15, -0.1) is 0 Å². The summed E-state index contributed by atoms with van der Waals surface area (Å²) >= 11 is 0. The molecule has 1 fully saturated rings. The molecule has 1 aliphatic heterocycles. The van der Waals surface area contributed by atoms with Crippen molar-refractivity contribution in [1.29, 1.82) is 0 Å². The highest BCUT2D eigenvalue weighted by atomic mass is 16.5. The van der Waals surface area contributed by atoms with E-state index in [4.69, 9.17) is 9.47 Å². The van der Waals surface area contributed by atoms with Crippen LogP contribution in [0.15, 0.2) is 18.2 Å². The molecule has 0 amide bonds. The second-order valence-corrected chi connectivity index (χ2v) is 4.93. The highest BCUT2D eigenvalue weighted by molar-refractivity contribution is 5.41. The molecule has 1 aromatic rings. The van der Waals surface area contributed by atoms with Gasteiger partial charge in [-0.2, -0.15) is 0 Å². The first-order valence-corrected chi connectivity index (χ1v) is 7.02. The van der Waals surface area contributed by atoms with Gasteiger partial charge in [-0.25, -0.2) is 0 Å². The maximum absolute atomic E-state index is 9.62. The van der Waals surface area contributed by atoms with E-state index in [1.807, 2.05) is 19.1 Å². The van der Waals surface area contributed by atoms with Crippen molar-refractivity contribution in [1.82, 2.24) is 5.32 Å². The van der Waals surface area contributed by atoms with Gasteiger partial charge in [0.05, 0.1) is 6.61 Å². The summed E-state index contributed by atoms with van der Waals surface area (Å²) in [7, 11) is 0. The first-order valence-electron chi connectivity index (χ1n) is 7.02. The Hall–Kier alpha value is -1.26. The van der Waals surface area contributed by atoms with Gasteiger partial charge >= 0.3 is 0 Å². The van der Waals surface area contributed by atoms with Crippen LogP contribution < -0.4 is 10.1 Å². The van der Waals surface area contributed by atoms with E-state index in [9.17, 15) is 5.11 Å². The molecule has 4 heteroatoms. The number of phenols is 1. The maximum Gasteiger partial charge on any atom is 0.161 e. The fourth-order valence-corrected chi connectivity index (χ4v) is 2.29. The Morgan fingerprint density at radius 1 is 1.47 bits per heavy atom. The summed E-state index contributed by atoms with van der Waals surface area (Å²) in [5, 5.41) is 13.0. The number of benzene rings is 1. The Balaban J connectivity index is 1.74. The Bertz CT molecular complexity index is 389. The van der Waals surface area contributed by atoms with Crippen LogP contribution in [0.2, 0.25) is 0 Å². The quantitative estimate of drug-likeness (QED) is 0.743. The molecule has 1 atom stereocenters. The molecule has 1 heterocycles. The van der Waals surface area contributed by atoms with E-state index in [-0.39, 0.29) is 5.75 Å². The molecule has 19 heavy (non-hydrogen) atoms. The molecule has 0 saturated carbocycles. The van der Waals surface area contributed by atoms with Gasteiger partial charge in [0.25, 0.3) is 0 Å². The lowest BCUT2D eigenvalue weighted by molar-refractivity contribution is 0.184. The van der Waals surface area contributed by atoms with Crippen LogP contribution in [-0.2, 0) is 11.3 Å². The van der Waals surface area contributed by atoms with Crippen molar-refractivity contribution in [2.24, 2.45) is 5.92 Å². The van der Waals surface area contributed by atoms with E-state index >= 15 is 0 Å². The zero-order valence-corrected chi connectivity index (χ0v) is 11.5. The first kappa shape index (κ1) is 14.2. The van der Waals surface area contributed by atoms with Crippen LogP contribution in [-0.4, -0.2) is 31.5 Å². The predicted octanol–water partition coefficient (Wildman–Crippen LogP) is 2.31. The van der Waals surface area contributed by atoms with Crippen molar-refractivity contribution in [3.63, 3.8) is 0 Å². The molecule has 1 aromatic carbocycles. The number of phenolic OH excluding ortho intramolecular Hbond substituents is 1. The van der Waals surface area contributed by atoms with E-state index in [2.05, 4.69) is 5.32 Å². The van der Waals surface area contributed by atoms with Crippen molar-refractivity contribution < 1.29 is 14.6 Å². The first-order chi connectivity index (χ1) is 9.29. The normalized spacial score (nSPS) is 18.7. The molecule has 4 nitrogen and oxygen atoms in total. The highest BCUT2D eigenvalue weighted by Gasteiger charge is 2.14. The van der Waals surface area contributed by atoms with Crippen LogP contribution in [0.25, 0.3) is 0 Å². The molecular weight excluding hydrogens is 242 g/mol. The van der Waals surface area contributed by atoms with Gasteiger partial charge in [0.1, 0.15) is 0 Å². The van der Waals surface area contributed by atoms with Gasteiger partial charge in [0, 0.05) is 19.8 Å². The second kappa shape index (κ2) is 7.36. The Kier molecular flexibility index (Phi) is 5.48. The van der Waals surface area contributed by atoms with Crippen LogP contribution in [0, 0.1) is 5.92 Å². The summed E-state index contributed by atoms with van der Waals surface area (Å²) in [6, 6.07) is 5.50. The molecule has 0 aromatic heterocycles. The number of hydrogen-bond donors (Lipinski definition) is 2. The molecule has 0 radical (unpaired) electrons. The van der Waals surface area contributed by atoms with E-state index in [1.165, 1.54) is 6.42 Å². The SMILES string of the molecule is CCOc1cc(CNCCC2CCOC2)ccc1O. The largest absolute Gasteiger partial charge is 0.504 e. The molecule has 1 saturated heterocycles. The molecule has 1 aliphatic rings. The van der Waals surface area contributed by atoms with E-state index in [0.29, 0.717) is 18.3 Å². The lowest BCUT2D eigenvalue weighted by Gasteiger charge is -2.11. The van der Waals surface area contributed by atoms with Crippen LogP contribution in [0.5, 0.6) is 11.5 Å². The molecule has 0 spiro atoms. The minimum Gasteiger partial charge on any atom is -0.504 e. The van der Waals surface area contributed by atoms with Crippen molar-refractivity contribution in [2.45, 2.75) is 26.3 Å². The molecule has 1 unspecified atom stereocenters. The number of nitrogens with one attached hydrogen (secondary N) is 1. The van der Waals surface area contributed by atoms with Crippen LogP contribution in [0.3, 0.4) is 0 Å². The second-order valence-electron chi connectivity index (χ2n) is 4.93. The third-order valence-corrected chi connectivity index (χ3v) is 3.41. The van der Waals surface area contributed by atoms with E-state index in [0.717, 1.165) is 38.3 Å². The fraction of sp³-hybridized carbons (Fsp3) is 0.600. The third-order valence-electron chi connectivity index (χ3n) is 3.41. The Labute approximate surface area is 114 Å². The smallest absolute Gasteiger partial charge is 0.161 e. The summed E-state index contributed by atoms with van der Waals surface area (Å²) in [4.78, 5) is 0. The van der Waals surface area contributed by atoms with Crippen molar-refractivity contribution in [3.8, 4) is 11.5 Å². The summed E-state index contributed by atoms with van der Waals surface area (Å²) in [6.45, 7) is 6.10. The minimum atomic E-state index is 0.203. The van der Waals surface area contributed by atoms with Crippen LogP contribution in [0.1, 0.15) is 25.3 Å². The van der Waals surface area contributed by atoms with Crippen molar-refractivity contribution in [2.75, 3.05) is 26.4 Å². The Morgan fingerprint density at radius 3 is 3.11 bits per heavy atom. The topological polar surface area (TPSA) is 50.7 Å². The van der Waals surface area contributed by atoms with Gasteiger partial charge < -0.3 is 19.9 Å². The van der Waals surface area contributed by atoms with Gasteiger partial charge in [-0.3, -0.25) is 0 Å². The number of ether oxygens (including phenoxy) is 2. The minimum absolute atomic E-state index is 0.203. The Morgan fingerprint density at radius 2 is 2.37 bits per heavy atom. The zero-order chi connectivity index (χ0) is 13.5. The van der Waals surface area contributed by atoms with E-state index in [1.54, 1.807) is 6.07 Å². The number of aromatic hydroxyl groups is 1. The highest BCUT2D eigenvalue weighted by Crippen LogP contribution is 2.26. The molecular formula is C15H23NO3. The molecule has 0 aliphatic carbocycles. The standard InChI is InChI=1S/C15H23NO3/c1-2-19-15-9-13(3-4-14(15)17)10-16-7-5-12-6-8-18-11-12/h3-4,9,12,16-17H,2,5-8,10-11H2,1H3. The molecule has 0 bridgehead atoms. The van der Waals surface area contributed by atoms with Crippen LogP contribution >= 0.6 is 0 Å². The van der Waals surface area contributed by atoms with Gasteiger partial charge in [-0.1, -0.05) is 6.07 Å². The molecule has 2 rings (SSSR count). The molecule has 2 N–H and O–H groups in total. The van der Waals surface area contributed by atoms with E-state index < -0.39 is 0 Å². The number of hydrogen-bond acceptors (Lipinski definition) is 4. The number of rotatable bonds is 7. The maximum atomic E-state index is 9.62. The fourth-order valence-electron chi connectivity index (χ4n) is 2.29. The lowest BCUT2D eigenvalue weighted by Crippen LogP contribution is -2.18. The summed E-state index contributed by atoms with van der Waals surface area (Å²) < 4.78 is 10.7. The van der Waals surface area contributed by atoms with Gasteiger partial charge in [0.15, 0.2) is 11.5 Å². The lowest BCUT2D eigenvalue weighted by atomic mass is 10.1. The predicted molar refractivity (Wildman–Crippen MR) is 74.5 cm³/mol. The third kappa shape index (κ3) is 4.40. The summed E-state index contributed by atoms with van der Waals surface area (Å²) in [5.41, 5.74) is 1.13. The van der Waals surface area contributed by atoms with Crippen molar-refractivity contribution >= 4 is 0 Å². The summed E-state index contributed by atoms with van der Waals surface area (Å²) in [6.07, 6.45) is 2.35. The van der Waals surface area contributed by atoms with Crippen molar-refractivity contribution in [3.05, 3.63) is 23.8 Å². The average Bonchev–Trinajstić information content (AvgIpc) is 2.92.